The third-order valence-corrected chi connectivity index (χ3v) is 4.34. The summed E-state index contributed by atoms with van der Waals surface area (Å²) in [5.41, 5.74) is 1.61. The van der Waals surface area contributed by atoms with E-state index in [2.05, 4.69) is 6.07 Å². The molecule has 0 aliphatic carbocycles. The molecule has 0 N–H and O–H groups in total. The van der Waals surface area contributed by atoms with E-state index < -0.39 is 0 Å². The number of nitrogens with zero attached hydrogens (tertiary/aromatic N) is 1. The SMILES string of the molecule is CC(=O)OCCCCCCCC1COC(c2ccc(C#N)cc2)OC1. The van der Waals surface area contributed by atoms with Crippen molar-refractivity contribution in [1.82, 2.24) is 0 Å². The number of unbranched alkanes of at least 4 members (excludes halogenated alkanes) is 4. The van der Waals surface area contributed by atoms with Gasteiger partial charge >= 0.3 is 5.97 Å². The zero-order valence-corrected chi connectivity index (χ0v) is 14.9. The van der Waals surface area contributed by atoms with Crippen LogP contribution in [0.2, 0.25) is 0 Å². The number of ether oxygens (including phenoxy) is 3. The lowest BCUT2D eigenvalue weighted by Crippen LogP contribution is -2.27. The van der Waals surface area contributed by atoms with Crippen molar-refractivity contribution in [2.45, 2.75) is 51.7 Å². The van der Waals surface area contributed by atoms with Gasteiger partial charge in [-0.2, -0.15) is 5.26 Å². The van der Waals surface area contributed by atoms with Gasteiger partial charge < -0.3 is 14.2 Å². The number of nitriles is 1. The van der Waals surface area contributed by atoms with Crippen molar-refractivity contribution in [1.29, 1.82) is 5.26 Å². The van der Waals surface area contributed by atoms with Crippen molar-refractivity contribution in [2.24, 2.45) is 5.92 Å². The van der Waals surface area contributed by atoms with E-state index in [0.29, 0.717) is 18.1 Å². The van der Waals surface area contributed by atoms with Crippen LogP contribution in [0.25, 0.3) is 0 Å². The zero-order chi connectivity index (χ0) is 17.9. The molecule has 25 heavy (non-hydrogen) atoms. The molecule has 0 atom stereocenters. The molecule has 1 fully saturated rings. The normalized spacial score (nSPS) is 20.0. The van der Waals surface area contributed by atoms with Crippen LogP contribution in [-0.4, -0.2) is 25.8 Å². The molecule has 0 unspecified atom stereocenters. The Kier molecular flexibility index (Phi) is 8.44. The maximum atomic E-state index is 10.6. The van der Waals surface area contributed by atoms with E-state index in [4.69, 9.17) is 19.5 Å². The molecule has 0 aromatic heterocycles. The maximum Gasteiger partial charge on any atom is 0.302 e. The molecule has 0 saturated carbocycles. The Morgan fingerprint density at radius 2 is 1.76 bits per heavy atom. The first-order valence-electron chi connectivity index (χ1n) is 9.05. The van der Waals surface area contributed by atoms with Crippen LogP contribution in [-0.2, 0) is 19.0 Å². The predicted molar refractivity (Wildman–Crippen MR) is 93.6 cm³/mol. The van der Waals surface area contributed by atoms with Gasteiger partial charge in [-0.3, -0.25) is 4.79 Å². The van der Waals surface area contributed by atoms with Gasteiger partial charge in [-0.15, -0.1) is 0 Å². The fourth-order valence-electron chi connectivity index (χ4n) is 2.90. The van der Waals surface area contributed by atoms with E-state index in [1.807, 2.05) is 12.1 Å². The molecule has 5 nitrogen and oxygen atoms in total. The van der Waals surface area contributed by atoms with Crippen molar-refractivity contribution < 1.29 is 19.0 Å². The summed E-state index contributed by atoms with van der Waals surface area (Å²) in [5.74, 6) is 0.257. The van der Waals surface area contributed by atoms with Gasteiger partial charge in [0, 0.05) is 18.4 Å². The molecule has 0 amide bonds. The Morgan fingerprint density at radius 1 is 1.12 bits per heavy atom. The Morgan fingerprint density at radius 3 is 2.40 bits per heavy atom. The molecule has 1 aromatic rings. The highest BCUT2D eigenvalue weighted by atomic mass is 16.7. The van der Waals surface area contributed by atoms with Gasteiger partial charge in [0.1, 0.15) is 0 Å². The highest BCUT2D eigenvalue weighted by Crippen LogP contribution is 2.27. The molecule has 0 spiro atoms. The van der Waals surface area contributed by atoms with E-state index in [9.17, 15) is 4.79 Å². The monoisotopic (exact) mass is 345 g/mol. The number of rotatable bonds is 9. The lowest BCUT2D eigenvalue weighted by Gasteiger charge is -2.29. The highest BCUT2D eigenvalue weighted by Gasteiger charge is 2.23. The summed E-state index contributed by atoms with van der Waals surface area (Å²) in [6, 6.07) is 9.46. The average molecular weight is 345 g/mol. The topological polar surface area (TPSA) is 68.5 Å². The lowest BCUT2D eigenvalue weighted by molar-refractivity contribution is -0.206. The molecular weight excluding hydrogens is 318 g/mol. The van der Waals surface area contributed by atoms with Crippen molar-refractivity contribution in [3.63, 3.8) is 0 Å². The standard InChI is InChI=1S/C20H27NO4/c1-16(22)23-12-6-4-2-3-5-7-18-14-24-20(25-15-18)19-10-8-17(13-21)9-11-19/h8-11,18,20H,2-7,12,14-15H2,1H3. The van der Waals surface area contributed by atoms with Crippen LogP contribution in [0.15, 0.2) is 24.3 Å². The van der Waals surface area contributed by atoms with Gasteiger partial charge in [0.25, 0.3) is 0 Å². The quantitative estimate of drug-likeness (QED) is 0.497. The number of hydrogen-bond donors (Lipinski definition) is 0. The number of carbonyl (C=O) groups excluding carboxylic acids is 1. The molecule has 136 valence electrons. The third-order valence-electron chi connectivity index (χ3n) is 4.34. The molecule has 1 saturated heterocycles. The zero-order valence-electron chi connectivity index (χ0n) is 14.9. The van der Waals surface area contributed by atoms with Crippen molar-refractivity contribution in [2.75, 3.05) is 19.8 Å². The maximum absolute atomic E-state index is 10.6. The van der Waals surface area contributed by atoms with Crippen molar-refractivity contribution >= 4 is 5.97 Å². The van der Waals surface area contributed by atoms with Crippen LogP contribution in [0.5, 0.6) is 0 Å². The van der Waals surface area contributed by atoms with E-state index in [1.165, 1.54) is 26.2 Å². The molecule has 1 aliphatic rings. The van der Waals surface area contributed by atoms with Crippen LogP contribution in [0.4, 0.5) is 0 Å². The summed E-state index contributed by atoms with van der Waals surface area (Å²) < 4.78 is 16.6. The average Bonchev–Trinajstić information content (AvgIpc) is 2.64. The van der Waals surface area contributed by atoms with Crippen LogP contribution < -0.4 is 0 Å². The second-order valence-corrected chi connectivity index (χ2v) is 6.49. The Balaban J connectivity index is 1.53. The molecule has 1 aliphatic heterocycles. The second-order valence-electron chi connectivity index (χ2n) is 6.49. The van der Waals surface area contributed by atoms with Gasteiger partial charge in [-0.1, -0.05) is 37.8 Å². The molecule has 0 radical (unpaired) electrons. The second kappa shape index (κ2) is 10.9. The van der Waals surface area contributed by atoms with Crippen LogP contribution in [0.3, 0.4) is 0 Å². The van der Waals surface area contributed by atoms with Gasteiger partial charge in [0.2, 0.25) is 0 Å². The van der Waals surface area contributed by atoms with Gasteiger partial charge in [-0.25, -0.2) is 0 Å². The van der Waals surface area contributed by atoms with E-state index in [-0.39, 0.29) is 12.3 Å². The minimum absolute atomic E-state index is 0.198. The Labute approximate surface area is 149 Å². The fraction of sp³-hybridized carbons (Fsp3) is 0.600. The largest absolute Gasteiger partial charge is 0.466 e. The van der Waals surface area contributed by atoms with Crippen LogP contribution in [0, 0.1) is 17.2 Å². The number of hydrogen-bond acceptors (Lipinski definition) is 5. The molecule has 1 aromatic carbocycles. The summed E-state index contributed by atoms with van der Waals surface area (Å²) in [6.07, 6.45) is 6.38. The van der Waals surface area contributed by atoms with Gasteiger partial charge in [-0.05, 0) is 25.0 Å². The number of benzene rings is 1. The summed E-state index contributed by atoms with van der Waals surface area (Å²) in [5, 5.41) is 8.83. The molecule has 2 rings (SSSR count). The number of carbonyl (C=O) groups is 1. The van der Waals surface area contributed by atoms with Crippen LogP contribution >= 0.6 is 0 Å². The highest BCUT2D eigenvalue weighted by molar-refractivity contribution is 5.65. The fourth-order valence-corrected chi connectivity index (χ4v) is 2.90. The first-order valence-corrected chi connectivity index (χ1v) is 9.05. The summed E-state index contributed by atoms with van der Waals surface area (Å²) in [4.78, 5) is 10.6. The minimum Gasteiger partial charge on any atom is -0.466 e. The van der Waals surface area contributed by atoms with Gasteiger partial charge in [0.15, 0.2) is 6.29 Å². The summed E-state index contributed by atoms with van der Waals surface area (Å²) >= 11 is 0. The third kappa shape index (κ3) is 7.25. The Hall–Kier alpha value is -1.90. The molecule has 5 heteroatoms. The predicted octanol–water partition coefficient (Wildman–Crippen LogP) is 4.12. The first-order chi connectivity index (χ1) is 12.2. The van der Waals surface area contributed by atoms with E-state index in [1.54, 1.807) is 12.1 Å². The van der Waals surface area contributed by atoms with Crippen LogP contribution in [0.1, 0.15) is 62.9 Å². The first kappa shape index (κ1) is 19.4. The molecule has 1 heterocycles. The van der Waals surface area contributed by atoms with E-state index in [0.717, 1.165) is 38.0 Å². The smallest absolute Gasteiger partial charge is 0.302 e. The molecular formula is C20H27NO4. The van der Waals surface area contributed by atoms with E-state index >= 15 is 0 Å². The van der Waals surface area contributed by atoms with Gasteiger partial charge in [0.05, 0.1) is 31.5 Å². The minimum atomic E-state index is -0.315. The molecule has 0 bridgehead atoms. The van der Waals surface area contributed by atoms with Crippen molar-refractivity contribution in [3.8, 4) is 6.07 Å². The van der Waals surface area contributed by atoms with Crippen molar-refractivity contribution in [3.05, 3.63) is 35.4 Å². The summed E-state index contributed by atoms with van der Waals surface area (Å²) in [6.45, 7) is 3.42. The number of esters is 1. The Bertz CT molecular complexity index is 556. The summed E-state index contributed by atoms with van der Waals surface area (Å²) in [7, 11) is 0. The lowest BCUT2D eigenvalue weighted by atomic mass is 10.0.